The maximum absolute atomic E-state index is 12.7. The van der Waals surface area contributed by atoms with Crippen LogP contribution in [0, 0.1) is 5.41 Å². The standard InChI is InChI=1S/C19H25N5O/c1-20-18(25)19(8-4-6-16-14-21-11-12-22-16)9-5-13-24(15-19)17-7-2-3-10-23-17/h2-3,7,10-12,14H,4-6,8-9,13,15H2,1H3,(H,20,25). The molecule has 2 aromatic rings. The van der Waals surface area contributed by atoms with Gasteiger partial charge in [-0.3, -0.25) is 14.8 Å². The number of nitrogens with one attached hydrogen (secondary N) is 1. The Labute approximate surface area is 148 Å². The summed E-state index contributed by atoms with van der Waals surface area (Å²) < 4.78 is 0. The van der Waals surface area contributed by atoms with Crippen LogP contribution in [0.3, 0.4) is 0 Å². The molecule has 1 fully saturated rings. The predicted molar refractivity (Wildman–Crippen MR) is 97.2 cm³/mol. The van der Waals surface area contributed by atoms with Crippen molar-refractivity contribution in [3.05, 3.63) is 48.7 Å². The number of hydrogen-bond acceptors (Lipinski definition) is 5. The predicted octanol–water partition coefficient (Wildman–Crippen LogP) is 2.23. The third kappa shape index (κ3) is 4.13. The van der Waals surface area contributed by atoms with Crippen LogP contribution in [0.25, 0.3) is 0 Å². The second-order valence-corrected chi connectivity index (χ2v) is 6.62. The summed E-state index contributed by atoms with van der Waals surface area (Å²) in [5, 5.41) is 2.88. The zero-order valence-electron chi connectivity index (χ0n) is 14.7. The lowest BCUT2D eigenvalue weighted by Gasteiger charge is -2.42. The number of amides is 1. The number of rotatable bonds is 6. The van der Waals surface area contributed by atoms with Gasteiger partial charge in [-0.1, -0.05) is 6.07 Å². The average Bonchev–Trinajstić information content (AvgIpc) is 2.69. The molecule has 0 radical (unpaired) electrons. The Morgan fingerprint density at radius 3 is 2.92 bits per heavy atom. The average molecular weight is 339 g/mol. The van der Waals surface area contributed by atoms with E-state index in [2.05, 4.69) is 25.2 Å². The van der Waals surface area contributed by atoms with Gasteiger partial charge in [0, 0.05) is 44.9 Å². The van der Waals surface area contributed by atoms with Gasteiger partial charge < -0.3 is 10.2 Å². The Kier molecular flexibility index (Phi) is 5.58. The quantitative estimate of drug-likeness (QED) is 0.874. The van der Waals surface area contributed by atoms with Crippen molar-refractivity contribution in [3.63, 3.8) is 0 Å². The first-order valence-electron chi connectivity index (χ1n) is 8.87. The van der Waals surface area contributed by atoms with Crippen LogP contribution >= 0.6 is 0 Å². The number of piperidine rings is 1. The zero-order valence-corrected chi connectivity index (χ0v) is 14.7. The molecule has 2 aromatic heterocycles. The van der Waals surface area contributed by atoms with Gasteiger partial charge in [-0.05, 0) is 44.2 Å². The summed E-state index contributed by atoms with van der Waals surface area (Å²) in [7, 11) is 1.73. The van der Waals surface area contributed by atoms with E-state index in [0.717, 1.165) is 50.2 Å². The molecule has 1 atom stereocenters. The zero-order chi connectivity index (χ0) is 17.5. The van der Waals surface area contributed by atoms with Crippen molar-refractivity contribution in [3.8, 4) is 0 Å². The monoisotopic (exact) mass is 339 g/mol. The third-order valence-electron chi connectivity index (χ3n) is 4.96. The minimum Gasteiger partial charge on any atom is -0.359 e. The molecule has 6 nitrogen and oxygen atoms in total. The molecular weight excluding hydrogens is 314 g/mol. The van der Waals surface area contributed by atoms with Crippen LogP contribution in [0.5, 0.6) is 0 Å². The maximum Gasteiger partial charge on any atom is 0.227 e. The number of nitrogens with zero attached hydrogens (tertiary/aromatic N) is 4. The minimum atomic E-state index is -0.368. The second kappa shape index (κ2) is 8.05. The van der Waals surface area contributed by atoms with Gasteiger partial charge in [0.15, 0.2) is 0 Å². The van der Waals surface area contributed by atoms with Gasteiger partial charge in [-0.2, -0.15) is 0 Å². The SMILES string of the molecule is CNC(=O)C1(CCCc2cnccn2)CCCN(c2ccccn2)C1. The number of hydrogen-bond donors (Lipinski definition) is 1. The molecular formula is C19H25N5O. The summed E-state index contributed by atoms with van der Waals surface area (Å²) in [5.41, 5.74) is 0.610. The molecule has 132 valence electrons. The molecule has 1 saturated heterocycles. The molecule has 1 N–H and O–H groups in total. The van der Waals surface area contributed by atoms with E-state index in [1.165, 1.54) is 0 Å². The summed E-state index contributed by atoms with van der Waals surface area (Å²) >= 11 is 0. The lowest BCUT2D eigenvalue weighted by atomic mass is 9.75. The summed E-state index contributed by atoms with van der Waals surface area (Å²) in [5.74, 6) is 1.08. The number of carbonyl (C=O) groups excluding carboxylic acids is 1. The van der Waals surface area contributed by atoms with Crippen LogP contribution in [0.2, 0.25) is 0 Å². The van der Waals surface area contributed by atoms with Gasteiger partial charge in [-0.25, -0.2) is 4.98 Å². The summed E-state index contributed by atoms with van der Waals surface area (Å²) in [6, 6.07) is 5.92. The van der Waals surface area contributed by atoms with Crippen molar-refractivity contribution in [2.45, 2.75) is 32.1 Å². The molecule has 25 heavy (non-hydrogen) atoms. The van der Waals surface area contributed by atoms with Gasteiger partial charge in [-0.15, -0.1) is 0 Å². The number of pyridine rings is 1. The fourth-order valence-corrected chi connectivity index (χ4v) is 3.70. The molecule has 0 bridgehead atoms. The Hall–Kier alpha value is -2.50. The number of carbonyl (C=O) groups is 1. The van der Waals surface area contributed by atoms with E-state index >= 15 is 0 Å². The summed E-state index contributed by atoms with van der Waals surface area (Å²) in [6.07, 6.45) is 11.5. The van der Waals surface area contributed by atoms with Gasteiger partial charge in [0.2, 0.25) is 5.91 Å². The fraction of sp³-hybridized carbons (Fsp3) is 0.474. The van der Waals surface area contributed by atoms with Crippen LogP contribution < -0.4 is 10.2 Å². The van der Waals surface area contributed by atoms with E-state index < -0.39 is 0 Å². The minimum absolute atomic E-state index is 0.132. The Morgan fingerprint density at radius 1 is 1.28 bits per heavy atom. The third-order valence-corrected chi connectivity index (χ3v) is 4.96. The van der Waals surface area contributed by atoms with E-state index in [-0.39, 0.29) is 11.3 Å². The molecule has 0 aliphatic carbocycles. The molecule has 1 amide bonds. The Balaban J connectivity index is 1.70. The molecule has 6 heteroatoms. The molecule has 3 heterocycles. The molecule has 1 aliphatic heterocycles. The van der Waals surface area contributed by atoms with E-state index in [1.807, 2.05) is 18.2 Å². The molecule has 1 aliphatic rings. The van der Waals surface area contributed by atoms with Crippen LogP contribution in [-0.4, -0.2) is 41.0 Å². The lowest BCUT2D eigenvalue weighted by Crippen LogP contribution is -2.51. The summed E-state index contributed by atoms with van der Waals surface area (Å²) in [4.78, 5) is 27.9. The highest BCUT2D eigenvalue weighted by Crippen LogP contribution is 2.36. The number of anilines is 1. The first-order chi connectivity index (χ1) is 12.2. The molecule has 1 unspecified atom stereocenters. The van der Waals surface area contributed by atoms with E-state index in [0.29, 0.717) is 6.54 Å². The largest absolute Gasteiger partial charge is 0.359 e. The molecule has 0 spiro atoms. The highest BCUT2D eigenvalue weighted by Gasteiger charge is 2.41. The normalized spacial score (nSPS) is 20.3. The van der Waals surface area contributed by atoms with E-state index in [4.69, 9.17) is 0 Å². The van der Waals surface area contributed by atoms with Crippen LogP contribution in [-0.2, 0) is 11.2 Å². The lowest BCUT2D eigenvalue weighted by molar-refractivity contribution is -0.131. The van der Waals surface area contributed by atoms with Crippen molar-refractivity contribution in [2.24, 2.45) is 5.41 Å². The van der Waals surface area contributed by atoms with Crippen molar-refractivity contribution in [1.82, 2.24) is 20.3 Å². The van der Waals surface area contributed by atoms with E-state index in [9.17, 15) is 4.79 Å². The maximum atomic E-state index is 12.7. The van der Waals surface area contributed by atoms with Crippen LogP contribution in [0.1, 0.15) is 31.4 Å². The smallest absolute Gasteiger partial charge is 0.227 e. The van der Waals surface area contributed by atoms with Crippen molar-refractivity contribution in [1.29, 1.82) is 0 Å². The molecule has 3 rings (SSSR count). The Morgan fingerprint density at radius 2 is 2.20 bits per heavy atom. The Bertz CT molecular complexity index is 679. The van der Waals surface area contributed by atoms with Crippen molar-refractivity contribution < 1.29 is 4.79 Å². The number of aryl methyl sites for hydroxylation is 1. The van der Waals surface area contributed by atoms with E-state index in [1.54, 1.807) is 31.8 Å². The highest BCUT2D eigenvalue weighted by molar-refractivity contribution is 5.83. The summed E-state index contributed by atoms with van der Waals surface area (Å²) in [6.45, 7) is 1.66. The van der Waals surface area contributed by atoms with Gasteiger partial charge in [0.1, 0.15) is 5.82 Å². The van der Waals surface area contributed by atoms with Gasteiger partial charge >= 0.3 is 0 Å². The van der Waals surface area contributed by atoms with Gasteiger partial charge in [0.25, 0.3) is 0 Å². The molecule has 0 aromatic carbocycles. The van der Waals surface area contributed by atoms with Gasteiger partial charge in [0.05, 0.1) is 11.1 Å². The first kappa shape index (κ1) is 17.3. The second-order valence-electron chi connectivity index (χ2n) is 6.62. The van der Waals surface area contributed by atoms with Crippen LogP contribution in [0.15, 0.2) is 43.0 Å². The highest BCUT2D eigenvalue weighted by atomic mass is 16.2. The number of aromatic nitrogens is 3. The fourth-order valence-electron chi connectivity index (χ4n) is 3.70. The topological polar surface area (TPSA) is 71.0 Å². The van der Waals surface area contributed by atoms with Crippen molar-refractivity contribution >= 4 is 11.7 Å². The first-order valence-corrected chi connectivity index (χ1v) is 8.87. The molecule has 0 saturated carbocycles. The van der Waals surface area contributed by atoms with Crippen LogP contribution in [0.4, 0.5) is 5.82 Å². The van der Waals surface area contributed by atoms with Crippen molar-refractivity contribution in [2.75, 3.05) is 25.0 Å².